The summed E-state index contributed by atoms with van der Waals surface area (Å²) < 4.78 is 20.6. The molecular formula is C20H19FN6OS. The first kappa shape index (κ1) is 19.1. The van der Waals surface area contributed by atoms with Crippen molar-refractivity contribution >= 4 is 11.8 Å². The Bertz CT molecular complexity index is 1150. The maximum Gasteiger partial charge on any atom is 0.240 e. The Morgan fingerprint density at radius 3 is 2.52 bits per heavy atom. The third-order valence-corrected chi connectivity index (χ3v) is 5.52. The van der Waals surface area contributed by atoms with E-state index in [4.69, 9.17) is 10.4 Å². The second-order valence-corrected chi connectivity index (χ2v) is 8.03. The monoisotopic (exact) mass is 410 g/mol. The second-order valence-electron chi connectivity index (χ2n) is 6.72. The van der Waals surface area contributed by atoms with E-state index in [2.05, 4.69) is 20.3 Å². The molecule has 7 nitrogen and oxygen atoms in total. The molecule has 0 radical (unpaired) electrons. The highest BCUT2D eigenvalue weighted by molar-refractivity contribution is 7.99. The molecule has 0 bridgehead atoms. The molecule has 1 unspecified atom stereocenters. The lowest BCUT2D eigenvalue weighted by Crippen LogP contribution is -2.12. The molecule has 1 atom stereocenters. The van der Waals surface area contributed by atoms with Crippen molar-refractivity contribution in [1.82, 2.24) is 25.0 Å². The highest BCUT2D eigenvalue weighted by atomic mass is 32.2. The van der Waals surface area contributed by atoms with Crippen LogP contribution in [0.3, 0.4) is 0 Å². The van der Waals surface area contributed by atoms with Gasteiger partial charge in [0.2, 0.25) is 16.9 Å². The summed E-state index contributed by atoms with van der Waals surface area (Å²) in [5.74, 6) is 7.18. The molecule has 0 amide bonds. The summed E-state index contributed by atoms with van der Waals surface area (Å²) in [4.78, 5) is 4.39. The number of hydrogen-bond donors (Lipinski definition) is 1. The molecule has 0 spiro atoms. The summed E-state index contributed by atoms with van der Waals surface area (Å²) in [6.07, 6.45) is 0. The zero-order valence-electron chi connectivity index (χ0n) is 16.1. The van der Waals surface area contributed by atoms with E-state index in [1.807, 2.05) is 38.1 Å². The molecule has 0 fully saturated rings. The largest absolute Gasteiger partial charge is 0.338 e. The van der Waals surface area contributed by atoms with Gasteiger partial charge in [-0.1, -0.05) is 58.9 Å². The maximum absolute atomic E-state index is 13.8. The van der Waals surface area contributed by atoms with Gasteiger partial charge in [-0.3, -0.25) is 0 Å². The molecular weight excluding hydrogens is 391 g/mol. The van der Waals surface area contributed by atoms with E-state index in [0.29, 0.717) is 33.8 Å². The number of benzene rings is 2. The number of aromatic nitrogens is 5. The zero-order valence-corrected chi connectivity index (χ0v) is 16.9. The Hall–Kier alpha value is -3.20. The Balaban J connectivity index is 1.53. The van der Waals surface area contributed by atoms with Crippen molar-refractivity contribution in [2.24, 2.45) is 0 Å². The number of nitrogens with zero attached hydrogens (tertiary/aromatic N) is 5. The highest BCUT2D eigenvalue weighted by Gasteiger charge is 2.21. The van der Waals surface area contributed by atoms with Gasteiger partial charge >= 0.3 is 0 Å². The van der Waals surface area contributed by atoms with Gasteiger partial charge in [-0.15, -0.1) is 10.2 Å². The van der Waals surface area contributed by atoms with Gasteiger partial charge in [-0.25, -0.2) is 9.07 Å². The lowest BCUT2D eigenvalue weighted by Gasteiger charge is -2.06. The fraction of sp³-hybridized carbons (Fsp3) is 0.200. The molecule has 2 aromatic heterocycles. The summed E-state index contributed by atoms with van der Waals surface area (Å²) in [5, 5.41) is 12.6. The molecule has 4 rings (SSSR count). The lowest BCUT2D eigenvalue weighted by atomic mass is 10.1. The molecule has 0 aliphatic rings. The fourth-order valence-electron chi connectivity index (χ4n) is 2.71. The average molecular weight is 410 g/mol. The van der Waals surface area contributed by atoms with Crippen molar-refractivity contribution in [2.75, 3.05) is 5.84 Å². The molecule has 2 N–H and O–H groups in total. The molecule has 4 aromatic rings. The van der Waals surface area contributed by atoms with Gasteiger partial charge in [-0.2, -0.15) is 4.98 Å². The molecule has 0 aliphatic heterocycles. The molecule has 29 heavy (non-hydrogen) atoms. The van der Waals surface area contributed by atoms with Gasteiger partial charge in [0.15, 0.2) is 5.82 Å². The summed E-state index contributed by atoms with van der Waals surface area (Å²) in [5.41, 5.74) is 3.16. The summed E-state index contributed by atoms with van der Waals surface area (Å²) in [6, 6.07) is 12.7. The topological polar surface area (TPSA) is 95.6 Å². The number of halogens is 1. The van der Waals surface area contributed by atoms with E-state index < -0.39 is 0 Å². The van der Waals surface area contributed by atoms with Crippen molar-refractivity contribution in [3.8, 4) is 22.8 Å². The van der Waals surface area contributed by atoms with Crippen LogP contribution >= 0.6 is 11.8 Å². The molecule has 9 heteroatoms. The van der Waals surface area contributed by atoms with Gasteiger partial charge in [0.05, 0.1) is 5.25 Å². The van der Waals surface area contributed by atoms with E-state index in [9.17, 15) is 4.39 Å². The zero-order chi connectivity index (χ0) is 20.5. The summed E-state index contributed by atoms with van der Waals surface area (Å²) in [6.45, 7) is 5.62. The predicted octanol–water partition coefficient (Wildman–Crippen LogP) is 4.32. The first-order chi connectivity index (χ1) is 13.9. The number of nitrogen functional groups attached to an aromatic ring is 1. The average Bonchev–Trinajstić information content (AvgIpc) is 3.33. The van der Waals surface area contributed by atoms with Crippen molar-refractivity contribution in [1.29, 1.82) is 0 Å². The Labute approximate surface area is 171 Å². The van der Waals surface area contributed by atoms with E-state index in [1.165, 1.54) is 22.5 Å². The van der Waals surface area contributed by atoms with Gasteiger partial charge in [0.25, 0.3) is 0 Å². The van der Waals surface area contributed by atoms with E-state index in [-0.39, 0.29) is 11.1 Å². The first-order valence-electron chi connectivity index (χ1n) is 8.96. The van der Waals surface area contributed by atoms with Gasteiger partial charge in [0, 0.05) is 11.1 Å². The van der Waals surface area contributed by atoms with Crippen molar-refractivity contribution in [3.05, 3.63) is 65.3 Å². The van der Waals surface area contributed by atoms with Crippen LogP contribution in [0.2, 0.25) is 0 Å². The van der Waals surface area contributed by atoms with Crippen molar-refractivity contribution < 1.29 is 8.91 Å². The van der Waals surface area contributed by atoms with Crippen LogP contribution in [0.5, 0.6) is 0 Å². The quantitative estimate of drug-likeness (QED) is 0.387. The number of hydrogen-bond acceptors (Lipinski definition) is 7. The number of rotatable bonds is 5. The van der Waals surface area contributed by atoms with Crippen LogP contribution in [0.15, 0.2) is 52.1 Å². The minimum atomic E-state index is -0.309. The molecule has 2 aromatic carbocycles. The molecule has 0 saturated heterocycles. The molecule has 0 aliphatic carbocycles. The van der Waals surface area contributed by atoms with Gasteiger partial charge < -0.3 is 10.4 Å². The Kier molecular flexibility index (Phi) is 5.06. The third kappa shape index (κ3) is 3.86. The van der Waals surface area contributed by atoms with E-state index in [1.54, 1.807) is 19.1 Å². The maximum atomic E-state index is 13.8. The molecule has 148 valence electrons. The van der Waals surface area contributed by atoms with Crippen molar-refractivity contribution in [3.63, 3.8) is 0 Å². The van der Waals surface area contributed by atoms with Gasteiger partial charge in [0.1, 0.15) is 5.82 Å². The second kappa shape index (κ2) is 7.67. The fourth-order valence-corrected chi connectivity index (χ4v) is 3.52. The van der Waals surface area contributed by atoms with Crippen LogP contribution in [0.4, 0.5) is 4.39 Å². The Morgan fingerprint density at radius 2 is 1.79 bits per heavy atom. The van der Waals surface area contributed by atoms with Crippen LogP contribution in [-0.2, 0) is 0 Å². The third-order valence-electron chi connectivity index (χ3n) is 4.48. The Morgan fingerprint density at radius 1 is 1.07 bits per heavy atom. The molecule has 2 heterocycles. The number of nitrogens with two attached hydrogens (primary N) is 1. The first-order valence-corrected chi connectivity index (χ1v) is 9.84. The van der Waals surface area contributed by atoms with E-state index in [0.717, 1.165) is 11.1 Å². The summed E-state index contributed by atoms with van der Waals surface area (Å²) >= 11 is 1.35. The van der Waals surface area contributed by atoms with Crippen LogP contribution < -0.4 is 5.84 Å². The van der Waals surface area contributed by atoms with Crippen LogP contribution in [0.1, 0.15) is 29.2 Å². The van der Waals surface area contributed by atoms with Gasteiger partial charge in [-0.05, 0) is 32.4 Å². The van der Waals surface area contributed by atoms with Crippen LogP contribution in [0.25, 0.3) is 22.8 Å². The summed E-state index contributed by atoms with van der Waals surface area (Å²) in [7, 11) is 0. The number of aryl methyl sites for hydroxylation is 2. The normalized spacial score (nSPS) is 12.3. The standard InChI is InChI=1S/C20H19FN6OS/c1-11-4-7-14(8-5-11)18-24-25-20(27(18)22)29-13(3)19-23-17(26-28-19)15-9-6-12(2)16(21)10-15/h4-10,13H,22H2,1-3H3. The van der Waals surface area contributed by atoms with Crippen LogP contribution in [-0.4, -0.2) is 25.0 Å². The minimum Gasteiger partial charge on any atom is -0.338 e. The predicted molar refractivity (Wildman–Crippen MR) is 109 cm³/mol. The smallest absolute Gasteiger partial charge is 0.240 e. The van der Waals surface area contributed by atoms with Crippen molar-refractivity contribution in [2.45, 2.75) is 31.2 Å². The van der Waals surface area contributed by atoms with E-state index >= 15 is 0 Å². The minimum absolute atomic E-state index is 0.219. The number of thioether (sulfide) groups is 1. The lowest BCUT2D eigenvalue weighted by molar-refractivity contribution is 0.380. The SMILES string of the molecule is Cc1ccc(-c2nnc(SC(C)c3nc(-c4ccc(C)c(F)c4)no3)n2N)cc1. The van der Waals surface area contributed by atoms with Crippen LogP contribution in [0, 0.1) is 19.7 Å². The highest BCUT2D eigenvalue weighted by Crippen LogP contribution is 2.34. The molecule has 0 saturated carbocycles.